The van der Waals surface area contributed by atoms with Crippen LogP contribution >= 0.6 is 11.3 Å². The van der Waals surface area contributed by atoms with Gasteiger partial charge in [0.05, 0.1) is 11.1 Å². The zero-order chi connectivity index (χ0) is 22.7. The number of rotatable bonds is 6. The molecule has 0 spiro atoms. The molecule has 4 rings (SSSR count). The Morgan fingerprint density at radius 1 is 1.00 bits per heavy atom. The summed E-state index contributed by atoms with van der Waals surface area (Å²) in [7, 11) is -3.75. The molecular weight excluding hydrogens is 450 g/mol. The van der Waals surface area contributed by atoms with E-state index >= 15 is 0 Å². The van der Waals surface area contributed by atoms with Gasteiger partial charge in [-0.15, -0.1) is 0 Å². The number of hydrogen-bond donors (Lipinski definition) is 2. The summed E-state index contributed by atoms with van der Waals surface area (Å²) in [6.45, 7) is 1.86. The van der Waals surface area contributed by atoms with Crippen molar-refractivity contribution in [1.29, 1.82) is 0 Å². The fourth-order valence-corrected chi connectivity index (χ4v) is 5.52. The normalized spacial score (nSPS) is 14.8. The second-order valence-corrected chi connectivity index (χ2v) is 10.1. The lowest BCUT2D eigenvalue weighted by Gasteiger charge is -2.35. The number of hydrogen-bond acceptors (Lipinski definition) is 7. The molecule has 1 saturated heterocycles. The molecule has 11 heteroatoms. The third-order valence-corrected chi connectivity index (χ3v) is 7.88. The predicted octanol–water partition coefficient (Wildman–Crippen LogP) is 2.01. The summed E-state index contributed by atoms with van der Waals surface area (Å²) in [4.78, 5) is 30.1. The summed E-state index contributed by atoms with van der Waals surface area (Å²) in [5.74, 6) is -1.16. The lowest BCUT2D eigenvalue weighted by Crippen LogP contribution is -2.48. The summed E-state index contributed by atoms with van der Waals surface area (Å²) in [6, 6.07) is 15.7. The number of piperazine rings is 1. The Hall–Kier alpha value is -3.28. The average molecular weight is 472 g/mol. The number of carbonyl (C=O) groups is 2. The number of aromatic nitrogens is 1. The van der Waals surface area contributed by atoms with Gasteiger partial charge in [0, 0.05) is 37.4 Å². The van der Waals surface area contributed by atoms with Crippen LogP contribution in [-0.2, 0) is 10.0 Å². The Bertz CT molecular complexity index is 1240. The molecule has 0 atom stereocenters. The number of nitrogens with zero attached hydrogens (tertiary/aromatic N) is 3. The van der Waals surface area contributed by atoms with E-state index in [1.54, 1.807) is 0 Å². The van der Waals surface area contributed by atoms with E-state index in [-0.39, 0.29) is 20.5 Å². The molecule has 0 radical (unpaired) electrons. The highest BCUT2D eigenvalue weighted by atomic mass is 32.2. The van der Waals surface area contributed by atoms with Gasteiger partial charge < -0.3 is 10.6 Å². The molecule has 2 amide bonds. The third-order valence-electron chi connectivity index (χ3n) is 5.06. The van der Waals surface area contributed by atoms with E-state index in [4.69, 9.17) is 5.73 Å². The molecule has 0 saturated carbocycles. The largest absolute Gasteiger partial charge is 0.369 e. The van der Waals surface area contributed by atoms with Crippen LogP contribution in [0.25, 0.3) is 0 Å². The molecule has 2 aromatic carbocycles. The predicted molar refractivity (Wildman–Crippen MR) is 122 cm³/mol. The van der Waals surface area contributed by atoms with Crippen molar-refractivity contribution in [3.8, 4) is 0 Å². The van der Waals surface area contributed by atoms with E-state index < -0.39 is 21.8 Å². The van der Waals surface area contributed by atoms with Crippen LogP contribution in [0.5, 0.6) is 0 Å². The molecule has 0 bridgehead atoms. The maximum absolute atomic E-state index is 13.2. The minimum Gasteiger partial charge on any atom is -0.369 e. The first-order valence-corrected chi connectivity index (χ1v) is 12.1. The second-order valence-electron chi connectivity index (χ2n) is 7.10. The van der Waals surface area contributed by atoms with Gasteiger partial charge in [0.25, 0.3) is 11.8 Å². The minimum atomic E-state index is -3.75. The molecule has 1 aliphatic heterocycles. The van der Waals surface area contributed by atoms with Crippen molar-refractivity contribution in [1.82, 2.24) is 9.29 Å². The number of sulfonamides is 1. The number of anilines is 2. The van der Waals surface area contributed by atoms with Crippen LogP contribution in [0.4, 0.5) is 10.8 Å². The van der Waals surface area contributed by atoms with Crippen molar-refractivity contribution in [2.75, 3.05) is 36.4 Å². The molecule has 166 valence electrons. The quantitative estimate of drug-likeness (QED) is 0.566. The zero-order valence-corrected chi connectivity index (χ0v) is 18.6. The zero-order valence-electron chi connectivity index (χ0n) is 17.0. The molecule has 1 aromatic heterocycles. The lowest BCUT2D eigenvalue weighted by molar-refractivity contribution is 0.100. The van der Waals surface area contributed by atoms with Crippen LogP contribution in [-0.4, -0.2) is 55.7 Å². The number of nitrogens with two attached hydrogens (primary N) is 1. The Labute approximate surface area is 189 Å². The smallest absolute Gasteiger partial charge is 0.260 e. The van der Waals surface area contributed by atoms with Crippen molar-refractivity contribution in [3.05, 3.63) is 71.2 Å². The highest BCUT2D eigenvalue weighted by Crippen LogP contribution is 2.23. The molecule has 3 N–H and O–H groups in total. The molecular formula is C21H21N5O4S2. The first-order chi connectivity index (χ1) is 15.3. The standard InChI is InChI=1S/C21H21N5O4S2/c22-19(27)18-14-23-21(31-18)24-20(28)15-5-4-8-17(13-15)32(29,30)26-11-9-25(10-12-26)16-6-2-1-3-7-16/h1-8,13-14H,9-12H2,(H2,22,27)(H,23,24,28). The van der Waals surface area contributed by atoms with Crippen LogP contribution in [0, 0.1) is 0 Å². The van der Waals surface area contributed by atoms with Gasteiger partial charge in [0.1, 0.15) is 4.88 Å². The second kappa shape index (κ2) is 9.07. The molecule has 32 heavy (non-hydrogen) atoms. The fraction of sp³-hybridized carbons (Fsp3) is 0.190. The summed E-state index contributed by atoms with van der Waals surface area (Å²) in [6.07, 6.45) is 1.28. The van der Waals surface area contributed by atoms with Crippen molar-refractivity contribution >= 4 is 44.0 Å². The maximum Gasteiger partial charge on any atom is 0.260 e. The molecule has 9 nitrogen and oxygen atoms in total. The van der Waals surface area contributed by atoms with E-state index in [0.29, 0.717) is 26.2 Å². The molecule has 1 aliphatic rings. The Kier molecular flexibility index (Phi) is 6.21. The molecule has 0 unspecified atom stereocenters. The van der Waals surface area contributed by atoms with Gasteiger partial charge in [-0.2, -0.15) is 4.31 Å². The minimum absolute atomic E-state index is 0.0512. The van der Waals surface area contributed by atoms with Crippen molar-refractivity contribution in [3.63, 3.8) is 0 Å². The summed E-state index contributed by atoms with van der Waals surface area (Å²) >= 11 is 0.946. The maximum atomic E-state index is 13.2. The number of amides is 2. The van der Waals surface area contributed by atoms with Crippen molar-refractivity contribution < 1.29 is 18.0 Å². The van der Waals surface area contributed by atoms with Crippen LogP contribution in [0.1, 0.15) is 20.0 Å². The number of thiazole rings is 1. The number of carbonyl (C=O) groups excluding carboxylic acids is 2. The monoisotopic (exact) mass is 471 g/mol. The van der Waals surface area contributed by atoms with E-state index in [1.165, 1.54) is 34.8 Å². The lowest BCUT2D eigenvalue weighted by atomic mass is 10.2. The van der Waals surface area contributed by atoms with Gasteiger partial charge in [-0.3, -0.25) is 14.9 Å². The van der Waals surface area contributed by atoms with Gasteiger partial charge in [-0.25, -0.2) is 13.4 Å². The van der Waals surface area contributed by atoms with Gasteiger partial charge in [0.15, 0.2) is 5.13 Å². The highest BCUT2D eigenvalue weighted by Gasteiger charge is 2.29. The van der Waals surface area contributed by atoms with Gasteiger partial charge in [0.2, 0.25) is 10.0 Å². The number of para-hydroxylation sites is 1. The van der Waals surface area contributed by atoms with Gasteiger partial charge in [-0.1, -0.05) is 35.6 Å². The number of nitrogens with one attached hydrogen (secondary N) is 1. The molecule has 2 heterocycles. The molecule has 1 fully saturated rings. The summed E-state index contributed by atoms with van der Waals surface area (Å²) < 4.78 is 27.7. The first-order valence-electron chi connectivity index (χ1n) is 9.82. The molecule has 0 aliphatic carbocycles. The number of benzene rings is 2. The summed E-state index contributed by atoms with van der Waals surface area (Å²) in [5, 5.41) is 2.76. The van der Waals surface area contributed by atoms with Gasteiger partial charge >= 0.3 is 0 Å². The SMILES string of the molecule is NC(=O)c1cnc(NC(=O)c2cccc(S(=O)(=O)N3CCN(c4ccccc4)CC3)c2)s1. The van der Waals surface area contributed by atoms with E-state index in [9.17, 15) is 18.0 Å². The highest BCUT2D eigenvalue weighted by molar-refractivity contribution is 7.89. The third kappa shape index (κ3) is 4.64. The Morgan fingerprint density at radius 2 is 1.72 bits per heavy atom. The summed E-state index contributed by atoms with van der Waals surface area (Å²) in [5.41, 5.74) is 6.42. The van der Waals surface area contributed by atoms with E-state index in [2.05, 4.69) is 15.2 Å². The number of primary amides is 1. The van der Waals surface area contributed by atoms with E-state index in [0.717, 1.165) is 17.0 Å². The van der Waals surface area contributed by atoms with Crippen LogP contribution in [0.2, 0.25) is 0 Å². The first kappa shape index (κ1) is 21.9. The van der Waals surface area contributed by atoms with E-state index in [1.807, 2.05) is 30.3 Å². The van der Waals surface area contributed by atoms with Crippen molar-refractivity contribution in [2.24, 2.45) is 5.73 Å². The Morgan fingerprint density at radius 3 is 2.38 bits per heavy atom. The topological polar surface area (TPSA) is 126 Å². The van der Waals surface area contributed by atoms with Gasteiger partial charge in [-0.05, 0) is 30.3 Å². The van der Waals surface area contributed by atoms with Crippen LogP contribution in [0.3, 0.4) is 0 Å². The fourth-order valence-electron chi connectivity index (χ4n) is 3.39. The van der Waals surface area contributed by atoms with Crippen molar-refractivity contribution in [2.45, 2.75) is 4.90 Å². The van der Waals surface area contributed by atoms with Crippen LogP contribution in [0.15, 0.2) is 65.7 Å². The Balaban J connectivity index is 1.46. The van der Waals surface area contributed by atoms with Crippen LogP contribution < -0.4 is 16.0 Å². The molecule has 3 aromatic rings. The average Bonchev–Trinajstić information content (AvgIpc) is 3.29.